The van der Waals surface area contributed by atoms with Crippen molar-refractivity contribution in [2.75, 3.05) is 17.2 Å². The summed E-state index contributed by atoms with van der Waals surface area (Å²) < 4.78 is 18.6. The fourth-order valence-corrected chi connectivity index (χ4v) is 1.88. The maximum atomic E-state index is 13.0. The molecule has 116 valence electrons. The van der Waals surface area contributed by atoms with E-state index in [1.165, 1.54) is 12.1 Å². The van der Waals surface area contributed by atoms with E-state index in [9.17, 15) is 9.18 Å². The molecule has 0 unspecified atom stereocenters. The van der Waals surface area contributed by atoms with E-state index in [4.69, 9.17) is 4.74 Å². The molecule has 0 heterocycles. The van der Waals surface area contributed by atoms with Crippen molar-refractivity contribution < 1.29 is 13.9 Å². The number of anilines is 2. The average molecular weight is 302 g/mol. The number of hydrogen-bond donors (Lipinski definition) is 2. The normalized spacial score (nSPS) is 10.4. The third kappa shape index (κ3) is 5.09. The molecule has 0 spiro atoms. The lowest BCUT2D eigenvalue weighted by atomic mass is 10.3. The van der Waals surface area contributed by atoms with Gasteiger partial charge in [0.05, 0.1) is 12.6 Å². The molecule has 2 aromatic carbocycles. The molecule has 0 saturated carbocycles. The van der Waals surface area contributed by atoms with E-state index in [2.05, 4.69) is 10.6 Å². The summed E-state index contributed by atoms with van der Waals surface area (Å²) >= 11 is 0. The van der Waals surface area contributed by atoms with E-state index in [0.29, 0.717) is 5.69 Å². The van der Waals surface area contributed by atoms with Crippen LogP contribution in [-0.4, -0.2) is 18.6 Å². The molecule has 22 heavy (non-hydrogen) atoms. The highest BCUT2D eigenvalue weighted by Gasteiger charge is 2.03. The summed E-state index contributed by atoms with van der Waals surface area (Å²) in [5.74, 6) is 0.157. The number of nitrogens with one attached hydrogen (secondary N) is 2. The molecule has 0 aliphatic heterocycles. The summed E-state index contributed by atoms with van der Waals surface area (Å²) in [4.78, 5) is 11.8. The summed E-state index contributed by atoms with van der Waals surface area (Å²) in [6.45, 7) is 4.02. The minimum Gasteiger partial charge on any atom is -0.491 e. The number of amides is 1. The van der Waals surface area contributed by atoms with Crippen LogP contribution in [0.2, 0.25) is 0 Å². The van der Waals surface area contributed by atoms with Crippen molar-refractivity contribution in [1.29, 1.82) is 0 Å². The standard InChI is InChI=1S/C17H19FN2O2/c1-12(2)22-16-8-6-14(7-9-16)19-11-17(21)20-15-5-3-4-13(18)10-15/h3-10,12,19H,11H2,1-2H3,(H,20,21). The Bertz CT molecular complexity index is 627. The van der Waals surface area contributed by atoms with Gasteiger partial charge in [-0.05, 0) is 56.3 Å². The van der Waals surface area contributed by atoms with Crippen LogP contribution in [0.25, 0.3) is 0 Å². The van der Waals surface area contributed by atoms with Crippen molar-refractivity contribution in [3.8, 4) is 5.75 Å². The van der Waals surface area contributed by atoms with E-state index in [0.717, 1.165) is 11.4 Å². The lowest BCUT2D eigenvalue weighted by molar-refractivity contribution is -0.114. The van der Waals surface area contributed by atoms with Crippen molar-refractivity contribution in [2.24, 2.45) is 0 Å². The summed E-state index contributed by atoms with van der Waals surface area (Å²) in [5, 5.41) is 5.62. The minimum atomic E-state index is -0.383. The van der Waals surface area contributed by atoms with Gasteiger partial charge in [0.15, 0.2) is 0 Å². The molecular formula is C17H19FN2O2. The number of ether oxygens (including phenoxy) is 1. The van der Waals surface area contributed by atoms with E-state index in [1.54, 1.807) is 12.1 Å². The molecule has 2 aromatic rings. The Kier molecular flexibility index (Phi) is 5.36. The smallest absolute Gasteiger partial charge is 0.243 e. The summed E-state index contributed by atoms with van der Waals surface area (Å²) in [7, 11) is 0. The maximum absolute atomic E-state index is 13.0. The second kappa shape index (κ2) is 7.45. The molecule has 4 nitrogen and oxygen atoms in total. The predicted octanol–water partition coefficient (Wildman–Crippen LogP) is 3.66. The van der Waals surface area contributed by atoms with Crippen LogP contribution in [0.15, 0.2) is 48.5 Å². The number of hydrogen-bond acceptors (Lipinski definition) is 3. The van der Waals surface area contributed by atoms with Gasteiger partial charge in [-0.1, -0.05) is 6.07 Å². The first-order valence-corrected chi connectivity index (χ1v) is 7.09. The van der Waals surface area contributed by atoms with Crippen LogP contribution in [0, 0.1) is 5.82 Å². The zero-order valence-corrected chi connectivity index (χ0v) is 12.6. The highest BCUT2D eigenvalue weighted by molar-refractivity contribution is 5.93. The SMILES string of the molecule is CC(C)Oc1ccc(NCC(=O)Nc2cccc(F)c2)cc1. The Morgan fingerprint density at radius 1 is 1.14 bits per heavy atom. The molecule has 0 saturated heterocycles. The van der Waals surface area contributed by atoms with Crippen LogP contribution >= 0.6 is 0 Å². The number of carbonyl (C=O) groups is 1. The first-order valence-electron chi connectivity index (χ1n) is 7.09. The number of halogens is 1. The van der Waals surface area contributed by atoms with Crippen LogP contribution < -0.4 is 15.4 Å². The van der Waals surface area contributed by atoms with Gasteiger partial charge < -0.3 is 15.4 Å². The van der Waals surface area contributed by atoms with Crippen molar-refractivity contribution in [3.05, 3.63) is 54.3 Å². The number of rotatable bonds is 6. The first kappa shape index (κ1) is 15.8. The van der Waals surface area contributed by atoms with Crippen molar-refractivity contribution in [2.45, 2.75) is 20.0 Å². The molecule has 0 aliphatic rings. The highest BCUT2D eigenvalue weighted by Crippen LogP contribution is 2.16. The molecule has 0 aliphatic carbocycles. The van der Waals surface area contributed by atoms with Gasteiger partial charge in [-0.25, -0.2) is 4.39 Å². The molecule has 1 amide bonds. The molecule has 0 bridgehead atoms. The van der Waals surface area contributed by atoms with Crippen LogP contribution in [-0.2, 0) is 4.79 Å². The molecule has 2 rings (SSSR count). The monoisotopic (exact) mass is 302 g/mol. The van der Waals surface area contributed by atoms with Gasteiger partial charge >= 0.3 is 0 Å². The molecule has 0 radical (unpaired) electrons. The third-order valence-corrected chi connectivity index (χ3v) is 2.79. The maximum Gasteiger partial charge on any atom is 0.243 e. The average Bonchev–Trinajstić information content (AvgIpc) is 2.46. The van der Waals surface area contributed by atoms with Gasteiger partial charge in [-0.15, -0.1) is 0 Å². The van der Waals surface area contributed by atoms with Gasteiger partial charge in [-0.3, -0.25) is 4.79 Å². The zero-order chi connectivity index (χ0) is 15.9. The van der Waals surface area contributed by atoms with E-state index in [-0.39, 0.29) is 24.4 Å². The first-order chi connectivity index (χ1) is 10.5. The van der Waals surface area contributed by atoms with Crippen LogP contribution in [0.4, 0.5) is 15.8 Å². The predicted molar refractivity (Wildman–Crippen MR) is 85.7 cm³/mol. The van der Waals surface area contributed by atoms with Gasteiger partial charge in [-0.2, -0.15) is 0 Å². The second-order valence-corrected chi connectivity index (χ2v) is 5.10. The zero-order valence-electron chi connectivity index (χ0n) is 12.6. The second-order valence-electron chi connectivity index (χ2n) is 5.10. The summed E-state index contributed by atoms with van der Waals surface area (Å²) in [5.41, 5.74) is 1.25. The number of carbonyl (C=O) groups excluding carboxylic acids is 1. The Morgan fingerprint density at radius 3 is 2.50 bits per heavy atom. The topological polar surface area (TPSA) is 50.4 Å². The summed E-state index contributed by atoms with van der Waals surface area (Å²) in [6.07, 6.45) is 0.121. The van der Waals surface area contributed by atoms with Crippen LogP contribution in [0.1, 0.15) is 13.8 Å². The Hall–Kier alpha value is -2.56. The summed E-state index contributed by atoms with van der Waals surface area (Å²) in [6, 6.07) is 13.1. The van der Waals surface area contributed by atoms with Crippen LogP contribution in [0.5, 0.6) is 5.75 Å². The molecule has 0 aromatic heterocycles. The molecule has 0 atom stereocenters. The largest absolute Gasteiger partial charge is 0.491 e. The van der Waals surface area contributed by atoms with E-state index in [1.807, 2.05) is 38.1 Å². The van der Waals surface area contributed by atoms with Crippen molar-refractivity contribution in [1.82, 2.24) is 0 Å². The fraction of sp³-hybridized carbons (Fsp3) is 0.235. The quantitative estimate of drug-likeness (QED) is 0.856. The van der Waals surface area contributed by atoms with E-state index >= 15 is 0 Å². The Balaban J connectivity index is 1.83. The van der Waals surface area contributed by atoms with Crippen molar-refractivity contribution in [3.63, 3.8) is 0 Å². The molecule has 0 fully saturated rings. The Labute approximate surface area is 129 Å². The highest BCUT2D eigenvalue weighted by atomic mass is 19.1. The van der Waals surface area contributed by atoms with Gasteiger partial charge in [0.2, 0.25) is 5.91 Å². The van der Waals surface area contributed by atoms with Crippen LogP contribution in [0.3, 0.4) is 0 Å². The van der Waals surface area contributed by atoms with Gasteiger partial charge in [0.25, 0.3) is 0 Å². The Morgan fingerprint density at radius 2 is 1.86 bits per heavy atom. The third-order valence-electron chi connectivity index (χ3n) is 2.79. The lowest BCUT2D eigenvalue weighted by Crippen LogP contribution is -2.21. The fourth-order valence-electron chi connectivity index (χ4n) is 1.88. The molecule has 5 heteroatoms. The van der Waals surface area contributed by atoms with E-state index < -0.39 is 0 Å². The van der Waals surface area contributed by atoms with Gasteiger partial charge in [0.1, 0.15) is 11.6 Å². The van der Waals surface area contributed by atoms with Crippen molar-refractivity contribution >= 4 is 17.3 Å². The minimum absolute atomic E-state index is 0.0981. The number of benzene rings is 2. The molecular weight excluding hydrogens is 283 g/mol. The molecule has 2 N–H and O–H groups in total. The van der Waals surface area contributed by atoms with Gasteiger partial charge in [0, 0.05) is 11.4 Å². The lowest BCUT2D eigenvalue weighted by Gasteiger charge is -2.11.